The number of hydrogen-bond donors (Lipinski definition) is 1. The topological polar surface area (TPSA) is 50.7 Å². The Hall–Kier alpha value is -1.33. The molecule has 0 saturated heterocycles. The highest BCUT2D eigenvalue weighted by molar-refractivity contribution is 7.11. The summed E-state index contributed by atoms with van der Waals surface area (Å²) < 4.78 is 0. The van der Waals surface area contributed by atoms with Crippen LogP contribution in [0.1, 0.15) is 34.1 Å². The van der Waals surface area contributed by atoms with Crippen molar-refractivity contribution in [2.45, 2.75) is 33.4 Å². The highest BCUT2D eigenvalue weighted by Crippen LogP contribution is 2.24. The largest absolute Gasteiger partial charge is 0.305 e. The van der Waals surface area contributed by atoms with Crippen molar-refractivity contribution in [1.29, 1.82) is 0 Å². The van der Waals surface area contributed by atoms with Crippen molar-refractivity contribution < 1.29 is 0 Å². The smallest absolute Gasteiger partial charge is 0.115 e. The van der Waals surface area contributed by atoms with Gasteiger partial charge in [-0.2, -0.15) is 0 Å². The maximum atomic E-state index is 4.44. The Morgan fingerprint density at radius 1 is 1.29 bits per heavy atom. The highest BCUT2D eigenvalue weighted by Gasteiger charge is 2.12. The van der Waals surface area contributed by atoms with Gasteiger partial charge in [0.05, 0.1) is 10.7 Å². The molecule has 0 saturated carbocycles. The summed E-state index contributed by atoms with van der Waals surface area (Å²) >= 11 is 1.75. The molecule has 90 valence electrons. The zero-order valence-corrected chi connectivity index (χ0v) is 11.1. The van der Waals surface area contributed by atoms with E-state index in [-0.39, 0.29) is 0 Å². The van der Waals surface area contributed by atoms with Gasteiger partial charge in [-0.15, -0.1) is 11.3 Å². The number of rotatable bonds is 4. The lowest BCUT2D eigenvalue weighted by atomic mass is 10.2. The maximum Gasteiger partial charge on any atom is 0.115 e. The molecule has 2 rings (SSSR count). The van der Waals surface area contributed by atoms with Crippen LogP contribution in [0.5, 0.6) is 0 Å². The van der Waals surface area contributed by atoms with Gasteiger partial charge in [-0.1, -0.05) is 0 Å². The Morgan fingerprint density at radius 3 is 2.59 bits per heavy atom. The molecule has 2 aromatic heterocycles. The molecule has 0 bridgehead atoms. The van der Waals surface area contributed by atoms with Crippen LogP contribution in [-0.4, -0.2) is 15.0 Å². The first-order valence-electron chi connectivity index (χ1n) is 5.58. The fourth-order valence-electron chi connectivity index (χ4n) is 1.73. The van der Waals surface area contributed by atoms with E-state index in [1.807, 2.05) is 19.3 Å². The van der Waals surface area contributed by atoms with Crippen molar-refractivity contribution in [3.8, 4) is 0 Å². The van der Waals surface area contributed by atoms with Crippen LogP contribution >= 0.6 is 11.3 Å². The zero-order valence-electron chi connectivity index (χ0n) is 10.3. The molecular weight excluding hydrogens is 232 g/mol. The molecule has 1 unspecified atom stereocenters. The molecule has 2 heterocycles. The van der Waals surface area contributed by atoms with E-state index in [4.69, 9.17) is 0 Å². The van der Waals surface area contributed by atoms with Crippen LogP contribution in [-0.2, 0) is 6.54 Å². The first-order chi connectivity index (χ1) is 8.16. The lowest BCUT2D eigenvalue weighted by Crippen LogP contribution is -2.18. The van der Waals surface area contributed by atoms with Crippen molar-refractivity contribution in [2.24, 2.45) is 0 Å². The van der Waals surface area contributed by atoms with Gasteiger partial charge in [-0.05, 0) is 20.8 Å². The second-order valence-electron chi connectivity index (χ2n) is 4.03. The molecule has 0 radical (unpaired) electrons. The van der Waals surface area contributed by atoms with Crippen molar-refractivity contribution in [1.82, 2.24) is 20.3 Å². The number of hydrogen-bond acceptors (Lipinski definition) is 5. The average molecular weight is 248 g/mol. The van der Waals surface area contributed by atoms with Gasteiger partial charge in [-0.3, -0.25) is 0 Å². The monoisotopic (exact) mass is 248 g/mol. The normalized spacial score (nSPS) is 12.6. The molecule has 0 aliphatic carbocycles. The van der Waals surface area contributed by atoms with Crippen molar-refractivity contribution in [3.63, 3.8) is 0 Å². The van der Waals surface area contributed by atoms with Crippen LogP contribution in [0.15, 0.2) is 18.7 Å². The van der Waals surface area contributed by atoms with Gasteiger partial charge in [-0.25, -0.2) is 15.0 Å². The Labute approximate surface area is 105 Å². The van der Waals surface area contributed by atoms with E-state index >= 15 is 0 Å². The van der Waals surface area contributed by atoms with Crippen molar-refractivity contribution in [2.75, 3.05) is 0 Å². The summed E-state index contributed by atoms with van der Waals surface area (Å²) in [6, 6.07) is 0.307. The minimum absolute atomic E-state index is 0.307. The van der Waals surface area contributed by atoms with Gasteiger partial charge in [0.25, 0.3) is 0 Å². The third kappa shape index (κ3) is 3.08. The first-order valence-corrected chi connectivity index (χ1v) is 6.39. The summed E-state index contributed by atoms with van der Waals surface area (Å²) in [5.74, 6) is 0. The Kier molecular flexibility index (Phi) is 3.81. The molecule has 0 aliphatic heterocycles. The van der Waals surface area contributed by atoms with Gasteiger partial charge in [0.15, 0.2) is 0 Å². The molecule has 0 fully saturated rings. The van der Waals surface area contributed by atoms with E-state index in [0.717, 1.165) is 22.8 Å². The molecule has 1 N–H and O–H groups in total. The van der Waals surface area contributed by atoms with Crippen LogP contribution in [0, 0.1) is 13.8 Å². The van der Waals surface area contributed by atoms with Gasteiger partial charge in [0.1, 0.15) is 6.33 Å². The summed E-state index contributed by atoms with van der Waals surface area (Å²) in [5, 5.41) is 4.58. The van der Waals surface area contributed by atoms with E-state index in [9.17, 15) is 0 Å². The summed E-state index contributed by atoms with van der Waals surface area (Å²) in [6.45, 7) is 7.03. The molecule has 0 aliphatic rings. The molecule has 0 spiro atoms. The van der Waals surface area contributed by atoms with Crippen molar-refractivity contribution in [3.05, 3.63) is 39.9 Å². The predicted octanol–water partition coefficient (Wildman–Crippen LogP) is 2.40. The number of aryl methyl sites for hydroxylation is 2. The second-order valence-corrected chi connectivity index (χ2v) is 5.27. The Bertz CT molecular complexity index is 481. The fourth-order valence-corrected chi connectivity index (χ4v) is 2.69. The highest BCUT2D eigenvalue weighted by atomic mass is 32.1. The van der Waals surface area contributed by atoms with E-state index in [1.165, 1.54) is 4.88 Å². The Morgan fingerprint density at radius 2 is 2.00 bits per heavy atom. The first kappa shape index (κ1) is 12.1. The van der Waals surface area contributed by atoms with E-state index < -0.39 is 0 Å². The van der Waals surface area contributed by atoms with Gasteiger partial charge in [0, 0.05) is 35.4 Å². The van der Waals surface area contributed by atoms with Crippen LogP contribution in [0.4, 0.5) is 0 Å². The molecule has 4 nitrogen and oxygen atoms in total. The van der Waals surface area contributed by atoms with Gasteiger partial charge < -0.3 is 5.32 Å². The number of thiazole rings is 1. The molecule has 5 heteroatoms. The zero-order chi connectivity index (χ0) is 12.3. The Balaban J connectivity index is 1.98. The van der Waals surface area contributed by atoms with E-state index in [2.05, 4.69) is 34.1 Å². The maximum absolute atomic E-state index is 4.44. The summed E-state index contributed by atoms with van der Waals surface area (Å²) in [6.07, 6.45) is 5.21. The number of nitrogens with one attached hydrogen (secondary N) is 1. The molecule has 17 heavy (non-hydrogen) atoms. The van der Waals surface area contributed by atoms with Crippen LogP contribution in [0.3, 0.4) is 0 Å². The van der Waals surface area contributed by atoms with Crippen molar-refractivity contribution >= 4 is 11.3 Å². The molecule has 2 aromatic rings. The molecule has 1 atom stereocenters. The predicted molar refractivity (Wildman–Crippen MR) is 68.9 cm³/mol. The SMILES string of the molecule is Cc1nc(C)c(C(C)NCc2cncnc2)s1. The van der Waals surface area contributed by atoms with Crippen LogP contribution in [0.25, 0.3) is 0 Å². The third-order valence-corrected chi connectivity index (χ3v) is 3.81. The third-order valence-electron chi connectivity index (χ3n) is 2.56. The standard InChI is InChI=1S/C12H16N4S/c1-8(12-9(2)16-10(3)17-12)15-6-11-4-13-7-14-5-11/h4-5,7-8,15H,6H2,1-3H3. The minimum atomic E-state index is 0.307. The number of aromatic nitrogens is 3. The summed E-state index contributed by atoms with van der Waals surface area (Å²) in [7, 11) is 0. The molecule has 0 amide bonds. The molecular formula is C12H16N4S. The lowest BCUT2D eigenvalue weighted by molar-refractivity contribution is 0.577. The van der Waals surface area contributed by atoms with E-state index in [0.29, 0.717) is 6.04 Å². The van der Waals surface area contributed by atoms with E-state index in [1.54, 1.807) is 17.7 Å². The number of nitrogens with zero attached hydrogens (tertiary/aromatic N) is 3. The molecule has 0 aromatic carbocycles. The van der Waals surface area contributed by atoms with Crippen LogP contribution < -0.4 is 5.32 Å². The van der Waals surface area contributed by atoms with Gasteiger partial charge >= 0.3 is 0 Å². The lowest BCUT2D eigenvalue weighted by Gasteiger charge is -2.12. The minimum Gasteiger partial charge on any atom is -0.305 e. The van der Waals surface area contributed by atoms with Crippen LogP contribution in [0.2, 0.25) is 0 Å². The summed E-state index contributed by atoms with van der Waals surface area (Å²) in [5.41, 5.74) is 2.22. The quantitative estimate of drug-likeness (QED) is 0.902. The fraction of sp³-hybridized carbons (Fsp3) is 0.417. The summed E-state index contributed by atoms with van der Waals surface area (Å²) in [4.78, 5) is 13.7. The average Bonchev–Trinajstić information content (AvgIpc) is 2.67. The second kappa shape index (κ2) is 5.33. The van der Waals surface area contributed by atoms with Gasteiger partial charge in [0.2, 0.25) is 0 Å².